The van der Waals surface area contributed by atoms with E-state index in [1.807, 2.05) is 25.8 Å². The van der Waals surface area contributed by atoms with Gasteiger partial charge in [0.1, 0.15) is 5.75 Å². The first-order chi connectivity index (χ1) is 8.46. The topological polar surface area (TPSA) is 49.2 Å². The number of hydrogen-bond donors (Lipinski definition) is 0. The lowest BCUT2D eigenvalue weighted by atomic mass is 9.90. The number of aromatic nitrogens is 1. The molecule has 0 N–H and O–H groups in total. The second-order valence-corrected chi connectivity index (χ2v) is 4.54. The van der Waals surface area contributed by atoms with E-state index in [1.165, 1.54) is 0 Å². The highest BCUT2D eigenvalue weighted by atomic mass is 16.5. The van der Waals surface area contributed by atoms with Crippen LogP contribution in [0.15, 0.2) is 12.3 Å². The van der Waals surface area contributed by atoms with Gasteiger partial charge in [-0.25, -0.2) is 0 Å². The smallest absolute Gasteiger partial charge is 0.145 e. The van der Waals surface area contributed by atoms with E-state index in [1.54, 1.807) is 19.4 Å². The van der Waals surface area contributed by atoms with Crippen molar-refractivity contribution in [2.24, 2.45) is 0 Å². The van der Waals surface area contributed by atoms with Gasteiger partial charge in [-0.2, -0.15) is 5.26 Å². The molecule has 0 atom stereocenters. The summed E-state index contributed by atoms with van der Waals surface area (Å²) >= 11 is 0. The largest absolute Gasteiger partial charge is 0.494 e. The standard InChI is InChI=1S/C14H17N3O/c1-6-7-17(4)11-9-16-13(8-12(11)18-5)14(2,3)10-15/h1,8-9H,7H2,2-5H3. The Hall–Kier alpha value is -2.20. The summed E-state index contributed by atoms with van der Waals surface area (Å²) in [6.07, 6.45) is 6.97. The predicted octanol–water partition coefficient (Wildman–Crippen LogP) is 1.96. The molecule has 0 aromatic carbocycles. The summed E-state index contributed by atoms with van der Waals surface area (Å²) in [5.41, 5.74) is 0.851. The molecule has 0 radical (unpaired) electrons. The van der Waals surface area contributed by atoms with Gasteiger partial charge in [0.25, 0.3) is 0 Å². The van der Waals surface area contributed by atoms with E-state index in [9.17, 15) is 0 Å². The van der Waals surface area contributed by atoms with Crippen LogP contribution >= 0.6 is 0 Å². The highest BCUT2D eigenvalue weighted by Crippen LogP contribution is 2.31. The molecule has 4 nitrogen and oxygen atoms in total. The minimum atomic E-state index is -0.642. The normalized spacial score (nSPS) is 10.3. The molecule has 0 aliphatic carbocycles. The van der Waals surface area contributed by atoms with Crippen LogP contribution in [0.25, 0.3) is 0 Å². The van der Waals surface area contributed by atoms with Crippen molar-refractivity contribution in [3.8, 4) is 24.2 Å². The van der Waals surface area contributed by atoms with Crippen LogP contribution in [0.4, 0.5) is 5.69 Å². The predicted molar refractivity (Wildman–Crippen MR) is 71.5 cm³/mol. The Kier molecular flexibility index (Phi) is 4.18. The maximum atomic E-state index is 9.11. The van der Waals surface area contributed by atoms with Crippen LogP contribution in [0.3, 0.4) is 0 Å². The summed E-state index contributed by atoms with van der Waals surface area (Å²) in [6, 6.07) is 4.00. The van der Waals surface area contributed by atoms with Crippen LogP contribution in [0.5, 0.6) is 5.75 Å². The average Bonchev–Trinajstić information content (AvgIpc) is 2.38. The van der Waals surface area contributed by atoms with Crippen molar-refractivity contribution in [2.45, 2.75) is 19.3 Å². The summed E-state index contributed by atoms with van der Waals surface area (Å²) in [4.78, 5) is 6.19. The van der Waals surface area contributed by atoms with Crippen LogP contribution < -0.4 is 9.64 Å². The SMILES string of the molecule is C#CCN(C)c1cnc(C(C)(C)C#N)cc1OC. The lowest BCUT2D eigenvalue weighted by Gasteiger charge is -2.21. The summed E-state index contributed by atoms with van der Waals surface area (Å²) in [7, 11) is 3.46. The van der Waals surface area contributed by atoms with Gasteiger partial charge in [0.05, 0.1) is 42.7 Å². The van der Waals surface area contributed by atoms with Crippen LogP contribution in [-0.2, 0) is 5.41 Å². The first kappa shape index (κ1) is 13.9. The van der Waals surface area contributed by atoms with Gasteiger partial charge in [0, 0.05) is 13.1 Å². The molecule has 0 fully saturated rings. The van der Waals surface area contributed by atoms with E-state index >= 15 is 0 Å². The van der Waals surface area contributed by atoms with E-state index in [0.29, 0.717) is 18.0 Å². The van der Waals surface area contributed by atoms with Gasteiger partial charge in [-0.1, -0.05) is 5.92 Å². The Balaban J connectivity index is 3.21. The molecule has 0 bridgehead atoms. The number of terminal acetylenes is 1. The van der Waals surface area contributed by atoms with Crippen LogP contribution in [0.1, 0.15) is 19.5 Å². The number of nitriles is 1. The number of methoxy groups -OCH3 is 1. The molecular formula is C14H17N3O. The number of nitrogens with zero attached hydrogens (tertiary/aromatic N) is 3. The zero-order chi connectivity index (χ0) is 13.8. The molecule has 94 valence electrons. The highest BCUT2D eigenvalue weighted by Gasteiger charge is 2.23. The molecule has 0 amide bonds. The third-order valence-corrected chi connectivity index (χ3v) is 2.73. The van der Waals surface area contributed by atoms with Gasteiger partial charge in [0.2, 0.25) is 0 Å². The van der Waals surface area contributed by atoms with Gasteiger partial charge in [-0.05, 0) is 13.8 Å². The molecule has 1 heterocycles. The summed E-state index contributed by atoms with van der Waals surface area (Å²) < 4.78 is 5.33. The van der Waals surface area contributed by atoms with Gasteiger partial charge < -0.3 is 9.64 Å². The van der Waals surface area contributed by atoms with E-state index < -0.39 is 5.41 Å². The Morgan fingerprint density at radius 1 is 1.56 bits per heavy atom. The molecule has 1 aromatic rings. The van der Waals surface area contributed by atoms with Crippen molar-refractivity contribution >= 4 is 5.69 Å². The van der Waals surface area contributed by atoms with E-state index in [-0.39, 0.29) is 0 Å². The van der Waals surface area contributed by atoms with E-state index in [0.717, 1.165) is 5.69 Å². The van der Waals surface area contributed by atoms with Crippen molar-refractivity contribution in [3.63, 3.8) is 0 Å². The van der Waals surface area contributed by atoms with Crippen molar-refractivity contribution in [1.82, 2.24) is 4.98 Å². The van der Waals surface area contributed by atoms with Crippen LogP contribution in [0, 0.1) is 23.7 Å². The van der Waals surface area contributed by atoms with Gasteiger partial charge in [-0.3, -0.25) is 4.98 Å². The maximum Gasteiger partial charge on any atom is 0.145 e. The molecule has 0 saturated heterocycles. The fourth-order valence-corrected chi connectivity index (χ4v) is 1.50. The van der Waals surface area contributed by atoms with Gasteiger partial charge in [-0.15, -0.1) is 6.42 Å². The average molecular weight is 243 g/mol. The molecule has 1 rings (SSSR count). The Labute approximate surface area is 108 Å². The highest BCUT2D eigenvalue weighted by molar-refractivity contribution is 5.58. The molecule has 0 spiro atoms. The number of pyridine rings is 1. The zero-order valence-corrected chi connectivity index (χ0v) is 11.2. The fraction of sp³-hybridized carbons (Fsp3) is 0.429. The zero-order valence-electron chi connectivity index (χ0n) is 11.2. The second-order valence-electron chi connectivity index (χ2n) is 4.54. The lowest BCUT2D eigenvalue weighted by molar-refractivity contribution is 0.412. The molecule has 0 aliphatic rings. The Morgan fingerprint density at radius 2 is 2.22 bits per heavy atom. The molecule has 1 aromatic heterocycles. The number of hydrogen-bond acceptors (Lipinski definition) is 4. The maximum absolute atomic E-state index is 9.11. The summed E-state index contributed by atoms with van der Waals surface area (Å²) in [6.45, 7) is 4.11. The number of anilines is 1. The lowest BCUT2D eigenvalue weighted by Crippen LogP contribution is -2.20. The van der Waals surface area contributed by atoms with E-state index in [4.69, 9.17) is 16.4 Å². The number of ether oxygens (including phenoxy) is 1. The third kappa shape index (κ3) is 2.73. The summed E-state index contributed by atoms with van der Waals surface area (Å²) in [5.74, 6) is 3.23. The minimum Gasteiger partial charge on any atom is -0.494 e. The summed E-state index contributed by atoms with van der Waals surface area (Å²) in [5, 5.41) is 9.11. The molecule has 0 aliphatic heterocycles. The number of rotatable bonds is 4. The minimum absolute atomic E-state index is 0.471. The Bertz CT molecular complexity index is 509. The Morgan fingerprint density at radius 3 is 2.72 bits per heavy atom. The molecule has 4 heteroatoms. The monoisotopic (exact) mass is 243 g/mol. The first-order valence-electron chi connectivity index (χ1n) is 5.56. The second kappa shape index (κ2) is 5.42. The molecular weight excluding hydrogens is 226 g/mol. The third-order valence-electron chi connectivity index (χ3n) is 2.73. The van der Waals surface area contributed by atoms with Gasteiger partial charge in [0.15, 0.2) is 0 Å². The van der Waals surface area contributed by atoms with Crippen molar-refractivity contribution in [3.05, 3.63) is 18.0 Å². The van der Waals surface area contributed by atoms with Gasteiger partial charge >= 0.3 is 0 Å². The van der Waals surface area contributed by atoms with Crippen LogP contribution in [-0.4, -0.2) is 25.7 Å². The first-order valence-corrected chi connectivity index (χ1v) is 5.56. The molecule has 0 saturated carbocycles. The molecule has 0 unspecified atom stereocenters. The fourth-order valence-electron chi connectivity index (χ4n) is 1.50. The van der Waals surface area contributed by atoms with Crippen molar-refractivity contribution in [1.29, 1.82) is 5.26 Å². The van der Waals surface area contributed by atoms with Crippen LogP contribution in [0.2, 0.25) is 0 Å². The van der Waals surface area contributed by atoms with Crippen molar-refractivity contribution in [2.75, 3.05) is 25.6 Å². The van der Waals surface area contributed by atoms with E-state index in [2.05, 4.69) is 17.0 Å². The van der Waals surface area contributed by atoms with Crippen molar-refractivity contribution < 1.29 is 4.74 Å². The quantitative estimate of drug-likeness (QED) is 0.758. The molecule has 18 heavy (non-hydrogen) atoms.